The molecule has 2 fully saturated rings. The van der Waals surface area contributed by atoms with Gasteiger partial charge in [0.1, 0.15) is 0 Å². The number of likely N-dealkylation sites (tertiary alicyclic amines) is 1. The third-order valence-corrected chi connectivity index (χ3v) is 6.27. The van der Waals surface area contributed by atoms with E-state index in [0.29, 0.717) is 6.54 Å². The molecule has 3 nitrogen and oxygen atoms in total. The van der Waals surface area contributed by atoms with Gasteiger partial charge in [-0.2, -0.15) is 0 Å². The Labute approximate surface area is 162 Å². The van der Waals surface area contributed by atoms with Crippen LogP contribution in [0.1, 0.15) is 55.2 Å². The lowest BCUT2D eigenvalue weighted by Crippen LogP contribution is -2.42. The number of hydrogen-bond donors (Lipinski definition) is 1. The van der Waals surface area contributed by atoms with Crippen LogP contribution in [0.2, 0.25) is 0 Å². The molecule has 1 aliphatic heterocycles. The van der Waals surface area contributed by atoms with Crippen molar-refractivity contribution in [2.75, 3.05) is 13.1 Å². The minimum Gasteiger partial charge on any atom is -0.351 e. The number of amides is 1. The standard InChI is InChI=1S/C24H30N2O/c27-23(24(13-4-5-14-24)22-11-2-1-3-12-22)25-18-20-9-8-10-21(17-20)19-26-15-6-7-16-26/h1-3,8-12,17H,4-7,13-16,18-19H2,(H,25,27). The van der Waals surface area contributed by atoms with Crippen molar-refractivity contribution in [3.63, 3.8) is 0 Å². The van der Waals surface area contributed by atoms with E-state index < -0.39 is 0 Å². The van der Waals surface area contributed by atoms with Crippen LogP contribution in [0.4, 0.5) is 0 Å². The van der Waals surface area contributed by atoms with Gasteiger partial charge in [-0.15, -0.1) is 0 Å². The van der Waals surface area contributed by atoms with Gasteiger partial charge >= 0.3 is 0 Å². The molecule has 2 aromatic rings. The average molecular weight is 363 g/mol. The van der Waals surface area contributed by atoms with Crippen LogP contribution in [0.5, 0.6) is 0 Å². The maximum atomic E-state index is 13.2. The van der Waals surface area contributed by atoms with Gasteiger partial charge in [0.15, 0.2) is 0 Å². The molecule has 1 N–H and O–H groups in total. The van der Waals surface area contributed by atoms with E-state index >= 15 is 0 Å². The summed E-state index contributed by atoms with van der Waals surface area (Å²) in [6.45, 7) is 4.05. The summed E-state index contributed by atoms with van der Waals surface area (Å²) in [7, 11) is 0. The minimum absolute atomic E-state index is 0.191. The zero-order valence-corrected chi connectivity index (χ0v) is 16.1. The Bertz CT molecular complexity index is 759. The molecular formula is C24H30N2O. The maximum Gasteiger partial charge on any atom is 0.230 e. The second-order valence-corrected chi connectivity index (χ2v) is 8.14. The third-order valence-electron chi connectivity index (χ3n) is 6.27. The van der Waals surface area contributed by atoms with E-state index in [1.807, 2.05) is 18.2 Å². The lowest BCUT2D eigenvalue weighted by atomic mass is 9.78. The Hall–Kier alpha value is -2.13. The maximum absolute atomic E-state index is 13.2. The van der Waals surface area contributed by atoms with Gasteiger partial charge in [0.05, 0.1) is 5.41 Å². The summed E-state index contributed by atoms with van der Waals surface area (Å²) in [6.07, 6.45) is 6.81. The first kappa shape index (κ1) is 18.2. The van der Waals surface area contributed by atoms with Crippen LogP contribution < -0.4 is 5.32 Å². The van der Waals surface area contributed by atoms with Crippen LogP contribution >= 0.6 is 0 Å². The van der Waals surface area contributed by atoms with Crippen molar-refractivity contribution in [3.8, 4) is 0 Å². The Balaban J connectivity index is 1.42. The molecule has 0 radical (unpaired) electrons. The molecule has 0 aromatic heterocycles. The molecule has 27 heavy (non-hydrogen) atoms. The largest absolute Gasteiger partial charge is 0.351 e. The summed E-state index contributed by atoms with van der Waals surface area (Å²) in [4.78, 5) is 15.7. The normalized spacial score (nSPS) is 19.3. The van der Waals surface area contributed by atoms with Gasteiger partial charge in [-0.1, -0.05) is 67.4 Å². The number of hydrogen-bond acceptors (Lipinski definition) is 2. The Kier molecular flexibility index (Phi) is 5.58. The SMILES string of the molecule is O=C(NCc1cccc(CN2CCCC2)c1)C1(c2ccccc2)CCCC1. The van der Waals surface area contributed by atoms with Gasteiger partial charge in [0.2, 0.25) is 5.91 Å². The van der Waals surface area contributed by atoms with E-state index in [1.54, 1.807) is 0 Å². The second kappa shape index (κ2) is 8.26. The van der Waals surface area contributed by atoms with Crippen molar-refractivity contribution < 1.29 is 4.79 Å². The van der Waals surface area contributed by atoms with E-state index in [4.69, 9.17) is 0 Å². The molecule has 1 heterocycles. The van der Waals surface area contributed by atoms with Crippen molar-refractivity contribution in [1.82, 2.24) is 10.2 Å². The van der Waals surface area contributed by atoms with Crippen molar-refractivity contribution in [1.29, 1.82) is 0 Å². The van der Waals surface area contributed by atoms with E-state index in [2.05, 4.69) is 46.6 Å². The first-order chi connectivity index (χ1) is 13.3. The highest BCUT2D eigenvalue weighted by Crippen LogP contribution is 2.41. The van der Waals surface area contributed by atoms with Crippen LogP contribution in [-0.2, 0) is 23.3 Å². The predicted octanol–water partition coefficient (Wildman–Crippen LogP) is 4.41. The molecule has 3 heteroatoms. The summed E-state index contributed by atoms with van der Waals surface area (Å²) < 4.78 is 0. The molecule has 2 aromatic carbocycles. The molecule has 0 bridgehead atoms. The molecule has 0 atom stereocenters. The molecule has 1 saturated carbocycles. The fourth-order valence-corrected chi connectivity index (χ4v) is 4.77. The van der Waals surface area contributed by atoms with Crippen LogP contribution in [0.3, 0.4) is 0 Å². The van der Waals surface area contributed by atoms with Crippen LogP contribution in [0.25, 0.3) is 0 Å². The number of rotatable bonds is 6. The highest BCUT2D eigenvalue weighted by Gasteiger charge is 2.42. The number of nitrogens with one attached hydrogen (secondary N) is 1. The predicted molar refractivity (Wildman–Crippen MR) is 109 cm³/mol. The third kappa shape index (κ3) is 4.08. The van der Waals surface area contributed by atoms with Gasteiger partial charge in [-0.05, 0) is 55.5 Å². The summed E-state index contributed by atoms with van der Waals surface area (Å²) in [5.41, 5.74) is 3.38. The molecule has 142 valence electrons. The van der Waals surface area contributed by atoms with Crippen molar-refractivity contribution in [2.24, 2.45) is 0 Å². The number of benzene rings is 2. The summed E-state index contributed by atoms with van der Waals surface area (Å²) >= 11 is 0. The topological polar surface area (TPSA) is 32.3 Å². The van der Waals surface area contributed by atoms with Gasteiger partial charge < -0.3 is 5.32 Å². The molecule has 0 unspecified atom stereocenters. The van der Waals surface area contributed by atoms with Gasteiger partial charge in [0, 0.05) is 13.1 Å². The molecule has 4 rings (SSSR count). The number of nitrogens with zero attached hydrogens (tertiary/aromatic N) is 1. The van der Waals surface area contributed by atoms with E-state index in [1.165, 1.54) is 42.6 Å². The van der Waals surface area contributed by atoms with Gasteiger partial charge in [-0.3, -0.25) is 9.69 Å². The van der Waals surface area contributed by atoms with Crippen LogP contribution in [-0.4, -0.2) is 23.9 Å². The fraction of sp³-hybridized carbons (Fsp3) is 0.458. The molecule has 0 spiro atoms. The van der Waals surface area contributed by atoms with E-state index in [-0.39, 0.29) is 11.3 Å². The molecule has 1 aliphatic carbocycles. The minimum atomic E-state index is -0.339. The lowest BCUT2D eigenvalue weighted by Gasteiger charge is -2.28. The first-order valence-electron chi connectivity index (χ1n) is 10.4. The summed E-state index contributed by atoms with van der Waals surface area (Å²) in [5.74, 6) is 0.191. The zero-order chi connectivity index (χ0) is 18.5. The van der Waals surface area contributed by atoms with Gasteiger partial charge in [-0.25, -0.2) is 0 Å². The average Bonchev–Trinajstić information content (AvgIpc) is 3.40. The molecule has 1 saturated heterocycles. The lowest BCUT2D eigenvalue weighted by molar-refractivity contribution is -0.126. The number of carbonyl (C=O) groups is 1. The Morgan fingerprint density at radius 1 is 0.889 bits per heavy atom. The van der Waals surface area contributed by atoms with Crippen LogP contribution in [0, 0.1) is 0 Å². The van der Waals surface area contributed by atoms with Gasteiger partial charge in [0.25, 0.3) is 0 Å². The van der Waals surface area contributed by atoms with Crippen molar-refractivity contribution in [3.05, 3.63) is 71.3 Å². The van der Waals surface area contributed by atoms with Crippen LogP contribution in [0.15, 0.2) is 54.6 Å². The van der Waals surface area contributed by atoms with Crippen molar-refractivity contribution >= 4 is 5.91 Å². The first-order valence-corrected chi connectivity index (χ1v) is 10.4. The number of carbonyl (C=O) groups excluding carboxylic acids is 1. The highest BCUT2D eigenvalue weighted by atomic mass is 16.2. The molecule has 2 aliphatic rings. The molecule has 1 amide bonds. The highest BCUT2D eigenvalue weighted by molar-refractivity contribution is 5.88. The summed E-state index contributed by atoms with van der Waals surface area (Å²) in [5, 5.41) is 3.25. The van der Waals surface area contributed by atoms with E-state index in [0.717, 1.165) is 32.2 Å². The molecular weight excluding hydrogens is 332 g/mol. The summed E-state index contributed by atoms with van der Waals surface area (Å²) in [6, 6.07) is 19.0. The Morgan fingerprint density at radius 3 is 2.33 bits per heavy atom. The monoisotopic (exact) mass is 362 g/mol. The smallest absolute Gasteiger partial charge is 0.230 e. The quantitative estimate of drug-likeness (QED) is 0.825. The zero-order valence-electron chi connectivity index (χ0n) is 16.1. The van der Waals surface area contributed by atoms with Crippen molar-refractivity contribution in [2.45, 2.75) is 57.0 Å². The second-order valence-electron chi connectivity index (χ2n) is 8.14. The Morgan fingerprint density at radius 2 is 1.59 bits per heavy atom. The fourth-order valence-electron chi connectivity index (χ4n) is 4.77. The van der Waals surface area contributed by atoms with E-state index in [9.17, 15) is 4.79 Å².